The molecular weight excluding hydrogens is 271 g/mol. The molecule has 0 spiro atoms. The van der Waals surface area contributed by atoms with Crippen molar-refractivity contribution in [2.45, 2.75) is 45.1 Å². The third-order valence-corrected chi connectivity index (χ3v) is 4.25. The van der Waals surface area contributed by atoms with E-state index in [0.29, 0.717) is 11.7 Å². The summed E-state index contributed by atoms with van der Waals surface area (Å²) in [5.41, 5.74) is 0.251. The van der Waals surface area contributed by atoms with Crippen LogP contribution < -0.4 is 4.74 Å². The maximum Gasteiger partial charge on any atom is 0.192 e. The Hall–Kier alpha value is -1.42. The van der Waals surface area contributed by atoms with Crippen LogP contribution in [0.2, 0.25) is 0 Å². The molecule has 0 radical (unpaired) electrons. The van der Waals surface area contributed by atoms with E-state index in [0.717, 1.165) is 19.3 Å². The number of hydrogen-bond donors (Lipinski definition) is 0. The van der Waals surface area contributed by atoms with Crippen LogP contribution in [0.15, 0.2) is 18.2 Å². The minimum atomic E-state index is -0.441. The molecule has 21 heavy (non-hydrogen) atoms. The molecule has 0 aliphatic heterocycles. The second kappa shape index (κ2) is 7.55. The first kappa shape index (κ1) is 16.0. The third-order valence-electron chi connectivity index (χ3n) is 4.25. The number of hydrogen-bond acceptors (Lipinski definition) is 3. The normalized spacial score (nSPS) is 22.0. The Morgan fingerprint density at radius 3 is 2.81 bits per heavy atom. The highest BCUT2D eigenvalue weighted by Crippen LogP contribution is 2.29. The summed E-state index contributed by atoms with van der Waals surface area (Å²) in [6.45, 7) is 2.14. The maximum absolute atomic E-state index is 13.3. The molecule has 0 bridgehead atoms. The SMILES string of the molecule is CCC1CCCCC1OCC(=O)c1cc(F)ccc1OC. The number of carbonyl (C=O) groups excluding carboxylic acids is 1. The van der Waals surface area contributed by atoms with Gasteiger partial charge in [-0.25, -0.2) is 4.39 Å². The van der Waals surface area contributed by atoms with E-state index < -0.39 is 5.82 Å². The summed E-state index contributed by atoms with van der Waals surface area (Å²) < 4.78 is 24.2. The summed E-state index contributed by atoms with van der Waals surface area (Å²) in [6, 6.07) is 3.96. The topological polar surface area (TPSA) is 35.5 Å². The largest absolute Gasteiger partial charge is 0.496 e. The molecule has 0 amide bonds. The number of methoxy groups -OCH3 is 1. The van der Waals surface area contributed by atoms with Crippen LogP contribution in [0.5, 0.6) is 5.75 Å². The van der Waals surface area contributed by atoms with Crippen LogP contribution in [-0.2, 0) is 4.74 Å². The molecule has 3 nitrogen and oxygen atoms in total. The molecule has 2 atom stereocenters. The van der Waals surface area contributed by atoms with E-state index in [1.807, 2.05) is 0 Å². The molecule has 1 aliphatic rings. The number of Topliss-reactive ketones (excluding diaryl/α,β-unsaturated/α-hetero) is 1. The first-order chi connectivity index (χ1) is 10.2. The average Bonchev–Trinajstić information content (AvgIpc) is 2.52. The molecule has 2 unspecified atom stereocenters. The fourth-order valence-corrected chi connectivity index (χ4v) is 3.02. The van der Waals surface area contributed by atoms with Crippen LogP contribution in [0.3, 0.4) is 0 Å². The Kier molecular flexibility index (Phi) is 5.74. The zero-order valence-electron chi connectivity index (χ0n) is 12.7. The number of carbonyl (C=O) groups is 1. The number of halogens is 1. The summed E-state index contributed by atoms with van der Waals surface area (Å²) in [6.07, 6.45) is 5.78. The van der Waals surface area contributed by atoms with Crippen molar-refractivity contribution in [3.05, 3.63) is 29.6 Å². The van der Waals surface area contributed by atoms with Gasteiger partial charge in [0.05, 0.1) is 18.8 Å². The number of benzene rings is 1. The van der Waals surface area contributed by atoms with Gasteiger partial charge in [-0.1, -0.05) is 26.2 Å². The number of ketones is 1. The first-order valence-corrected chi connectivity index (χ1v) is 7.64. The van der Waals surface area contributed by atoms with E-state index in [2.05, 4.69) is 6.92 Å². The van der Waals surface area contributed by atoms with E-state index in [1.165, 1.54) is 38.2 Å². The van der Waals surface area contributed by atoms with Gasteiger partial charge in [-0.05, 0) is 37.0 Å². The van der Waals surface area contributed by atoms with Gasteiger partial charge in [-0.2, -0.15) is 0 Å². The Morgan fingerprint density at radius 1 is 1.33 bits per heavy atom. The lowest BCUT2D eigenvalue weighted by Gasteiger charge is -2.30. The van der Waals surface area contributed by atoms with Crippen molar-refractivity contribution in [1.82, 2.24) is 0 Å². The van der Waals surface area contributed by atoms with Gasteiger partial charge in [-0.3, -0.25) is 4.79 Å². The van der Waals surface area contributed by atoms with Crippen molar-refractivity contribution >= 4 is 5.78 Å². The highest BCUT2D eigenvalue weighted by Gasteiger charge is 2.25. The maximum atomic E-state index is 13.3. The molecule has 1 fully saturated rings. The fraction of sp³-hybridized carbons (Fsp3) is 0.588. The Balaban J connectivity index is 1.99. The molecule has 116 valence electrons. The average molecular weight is 294 g/mol. The number of rotatable bonds is 6. The van der Waals surface area contributed by atoms with Crippen LogP contribution in [0.4, 0.5) is 4.39 Å². The summed E-state index contributed by atoms with van der Waals surface area (Å²) in [4.78, 5) is 12.2. The minimum absolute atomic E-state index is 0.0129. The summed E-state index contributed by atoms with van der Waals surface area (Å²) in [5.74, 6) is 0.247. The van der Waals surface area contributed by atoms with Crippen LogP contribution in [-0.4, -0.2) is 25.6 Å². The first-order valence-electron chi connectivity index (χ1n) is 7.64. The molecule has 0 aromatic heterocycles. The van der Waals surface area contributed by atoms with Crippen molar-refractivity contribution in [3.63, 3.8) is 0 Å². The smallest absolute Gasteiger partial charge is 0.192 e. The van der Waals surface area contributed by atoms with E-state index in [1.54, 1.807) is 0 Å². The zero-order chi connectivity index (χ0) is 15.2. The molecule has 0 saturated heterocycles. The molecule has 1 saturated carbocycles. The molecule has 0 N–H and O–H groups in total. The van der Waals surface area contributed by atoms with Crippen molar-refractivity contribution in [3.8, 4) is 5.75 Å². The molecule has 2 rings (SSSR count). The van der Waals surface area contributed by atoms with E-state index in [4.69, 9.17) is 9.47 Å². The van der Waals surface area contributed by atoms with Crippen LogP contribution in [0, 0.1) is 11.7 Å². The molecular formula is C17H23FO3. The number of ether oxygens (including phenoxy) is 2. The highest BCUT2D eigenvalue weighted by molar-refractivity contribution is 5.99. The second-order valence-electron chi connectivity index (χ2n) is 5.57. The van der Waals surface area contributed by atoms with Crippen LogP contribution >= 0.6 is 0 Å². The predicted octanol–water partition coefficient (Wildman–Crippen LogP) is 4.00. The van der Waals surface area contributed by atoms with Crippen molar-refractivity contribution in [2.75, 3.05) is 13.7 Å². The van der Waals surface area contributed by atoms with Gasteiger partial charge in [0.25, 0.3) is 0 Å². The fourth-order valence-electron chi connectivity index (χ4n) is 3.02. The molecule has 4 heteroatoms. The molecule has 1 aliphatic carbocycles. The zero-order valence-corrected chi connectivity index (χ0v) is 12.7. The third kappa shape index (κ3) is 4.03. The lowest BCUT2D eigenvalue weighted by Crippen LogP contribution is -2.29. The Morgan fingerprint density at radius 2 is 2.10 bits per heavy atom. The predicted molar refractivity (Wildman–Crippen MR) is 79.3 cm³/mol. The van der Waals surface area contributed by atoms with Gasteiger partial charge in [-0.15, -0.1) is 0 Å². The second-order valence-corrected chi connectivity index (χ2v) is 5.57. The van der Waals surface area contributed by atoms with Gasteiger partial charge in [0.2, 0.25) is 0 Å². The van der Waals surface area contributed by atoms with Crippen molar-refractivity contribution < 1.29 is 18.7 Å². The van der Waals surface area contributed by atoms with Gasteiger partial charge in [0.1, 0.15) is 18.2 Å². The van der Waals surface area contributed by atoms with Gasteiger partial charge < -0.3 is 9.47 Å². The van der Waals surface area contributed by atoms with Crippen LogP contribution in [0.25, 0.3) is 0 Å². The summed E-state index contributed by atoms with van der Waals surface area (Å²) in [7, 11) is 1.47. The monoisotopic (exact) mass is 294 g/mol. The van der Waals surface area contributed by atoms with E-state index >= 15 is 0 Å². The Labute approximate surface area is 125 Å². The van der Waals surface area contributed by atoms with Gasteiger partial charge >= 0.3 is 0 Å². The van der Waals surface area contributed by atoms with E-state index in [9.17, 15) is 9.18 Å². The summed E-state index contributed by atoms with van der Waals surface area (Å²) in [5, 5.41) is 0. The van der Waals surface area contributed by atoms with Crippen molar-refractivity contribution in [1.29, 1.82) is 0 Å². The summed E-state index contributed by atoms with van der Waals surface area (Å²) >= 11 is 0. The van der Waals surface area contributed by atoms with E-state index in [-0.39, 0.29) is 24.1 Å². The standard InChI is InChI=1S/C17H23FO3/c1-3-12-6-4-5-7-16(12)21-11-15(19)14-10-13(18)8-9-17(14)20-2/h8-10,12,16H,3-7,11H2,1-2H3. The van der Waals surface area contributed by atoms with Crippen molar-refractivity contribution in [2.24, 2.45) is 5.92 Å². The quantitative estimate of drug-likeness (QED) is 0.744. The molecule has 1 aromatic carbocycles. The highest BCUT2D eigenvalue weighted by atomic mass is 19.1. The Bertz CT molecular complexity index is 487. The minimum Gasteiger partial charge on any atom is -0.496 e. The lowest BCUT2D eigenvalue weighted by molar-refractivity contribution is -0.00578. The van der Waals surface area contributed by atoms with Gasteiger partial charge in [0, 0.05) is 0 Å². The lowest BCUT2D eigenvalue weighted by atomic mass is 9.85. The van der Waals surface area contributed by atoms with Gasteiger partial charge in [0.15, 0.2) is 5.78 Å². The molecule has 1 aromatic rings. The van der Waals surface area contributed by atoms with Crippen LogP contribution in [0.1, 0.15) is 49.4 Å². The molecule has 0 heterocycles.